The number of rotatable bonds is 2. The second kappa shape index (κ2) is 5.09. The summed E-state index contributed by atoms with van der Waals surface area (Å²) >= 11 is 0. The van der Waals surface area contributed by atoms with E-state index >= 15 is 0 Å². The molecule has 0 unspecified atom stereocenters. The highest BCUT2D eigenvalue weighted by Gasteiger charge is 2.29. The van der Waals surface area contributed by atoms with Crippen LogP contribution in [-0.2, 0) is 10.0 Å². The van der Waals surface area contributed by atoms with Crippen molar-refractivity contribution in [2.24, 2.45) is 5.92 Å². The monoisotopic (exact) mass is 264 g/mol. The van der Waals surface area contributed by atoms with Gasteiger partial charge in [0.1, 0.15) is 6.07 Å². The summed E-state index contributed by atoms with van der Waals surface area (Å²) in [5.41, 5.74) is 0.219. The minimum atomic E-state index is -3.52. The van der Waals surface area contributed by atoms with E-state index in [9.17, 15) is 8.42 Å². The number of hydrogen-bond donors (Lipinski definition) is 0. The summed E-state index contributed by atoms with van der Waals surface area (Å²) in [5, 5.41) is 8.99. The van der Waals surface area contributed by atoms with E-state index in [0.717, 1.165) is 12.8 Å². The lowest BCUT2D eigenvalue weighted by atomic mass is 10.0. The summed E-state index contributed by atoms with van der Waals surface area (Å²) < 4.78 is 26.4. The normalized spacial score (nSPS) is 18.4. The SMILES string of the molecule is CC1CCN(S(=O)(=O)c2ccccc2C#N)CC1. The molecule has 1 fully saturated rings. The van der Waals surface area contributed by atoms with Crippen LogP contribution in [0.2, 0.25) is 0 Å². The maximum absolute atomic E-state index is 12.4. The average molecular weight is 264 g/mol. The van der Waals surface area contributed by atoms with Crippen molar-refractivity contribution in [3.8, 4) is 6.07 Å². The summed E-state index contributed by atoms with van der Waals surface area (Å²) in [6, 6.07) is 8.32. The van der Waals surface area contributed by atoms with E-state index < -0.39 is 10.0 Å². The fourth-order valence-corrected chi connectivity index (χ4v) is 3.76. The van der Waals surface area contributed by atoms with Crippen molar-refractivity contribution in [2.75, 3.05) is 13.1 Å². The van der Waals surface area contributed by atoms with Crippen LogP contribution in [0.1, 0.15) is 25.3 Å². The quantitative estimate of drug-likeness (QED) is 0.820. The minimum Gasteiger partial charge on any atom is -0.207 e. The second-order valence-electron chi connectivity index (χ2n) is 4.69. The van der Waals surface area contributed by atoms with Crippen LogP contribution in [0.3, 0.4) is 0 Å². The summed E-state index contributed by atoms with van der Waals surface area (Å²) in [5.74, 6) is 0.572. The Balaban J connectivity index is 2.34. The summed E-state index contributed by atoms with van der Waals surface area (Å²) in [6.07, 6.45) is 1.77. The van der Waals surface area contributed by atoms with Crippen LogP contribution in [-0.4, -0.2) is 25.8 Å². The highest BCUT2D eigenvalue weighted by Crippen LogP contribution is 2.25. The summed E-state index contributed by atoms with van der Waals surface area (Å²) in [4.78, 5) is 0.127. The first-order valence-corrected chi connectivity index (χ1v) is 7.49. The molecule has 0 atom stereocenters. The van der Waals surface area contributed by atoms with Crippen LogP contribution in [0.25, 0.3) is 0 Å². The molecule has 0 bridgehead atoms. The molecule has 0 N–H and O–H groups in total. The molecule has 1 saturated heterocycles. The van der Waals surface area contributed by atoms with Gasteiger partial charge in [0.15, 0.2) is 0 Å². The largest absolute Gasteiger partial charge is 0.244 e. The zero-order valence-electron chi connectivity index (χ0n) is 10.3. The van der Waals surface area contributed by atoms with E-state index in [2.05, 4.69) is 6.92 Å². The number of piperidine rings is 1. The molecule has 0 spiro atoms. The Labute approximate surface area is 108 Å². The van der Waals surface area contributed by atoms with Crippen LogP contribution in [0.4, 0.5) is 0 Å². The predicted molar refractivity (Wildman–Crippen MR) is 68.3 cm³/mol. The van der Waals surface area contributed by atoms with E-state index in [-0.39, 0.29) is 10.5 Å². The third-order valence-corrected chi connectivity index (χ3v) is 5.32. The van der Waals surface area contributed by atoms with Gasteiger partial charge < -0.3 is 0 Å². The molecule has 0 amide bonds. The molecule has 1 aromatic carbocycles. The summed E-state index contributed by atoms with van der Waals surface area (Å²) in [7, 11) is -3.52. The van der Waals surface area contributed by atoms with Gasteiger partial charge in [0.05, 0.1) is 10.5 Å². The lowest BCUT2D eigenvalue weighted by Gasteiger charge is -2.29. The van der Waals surface area contributed by atoms with Crippen LogP contribution < -0.4 is 0 Å². The molecule has 0 aromatic heterocycles. The Morgan fingerprint density at radius 2 is 1.89 bits per heavy atom. The minimum absolute atomic E-state index is 0.127. The molecule has 0 radical (unpaired) electrons. The fourth-order valence-electron chi connectivity index (χ4n) is 2.15. The Hall–Kier alpha value is -1.38. The zero-order valence-corrected chi connectivity index (χ0v) is 11.2. The van der Waals surface area contributed by atoms with Crippen LogP contribution in [0.15, 0.2) is 29.2 Å². The average Bonchev–Trinajstić information content (AvgIpc) is 2.39. The first-order chi connectivity index (χ1) is 8.55. The lowest BCUT2D eigenvalue weighted by molar-refractivity contribution is 0.288. The molecule has 1 aliphatic heterocycles. The van der Waals surface area contributed by atoms with E-state index in [4.69, 9.17) is 5.26 Å². The Kier molecular flexibility index (Phi) is 3.69. The van der Waals surface area contributed by atoms with Gasteiger partial charge in [0.2, 0.25) is 10.0 Å². The molecule has 4 nitrogen and oxygen atoms in total. The number of hydrogen-bond acceptors (Lipinski definition) is 3. The third-order valence-electron chi connectivity index (χ3n) is 3.37. The van der Waals surface area contributed by atoms with Gasteiger partial charge in [-0.3, -0.25) is 0 Å². The van der Waals surface area contributed by atoms with Gasteiger partial charge >= 0.3 is 0 Å². The molecule has 2 rings (SSSR count). The van der Waals surface area contributed by atoms with Crippen molar-refractivity contribution in [3.05, 3.63) is 29.8 Å². The molecule has 0 saturated carbocycles. The van der Waals surface area contributed by atoms with Crippen molar-refractivity contribution in [2.45, 2.75) is 24.7 Å². The highest BCUT2D eigenvalue weighted by molar-refractivity contribution is 7.89. The standard InChI is InChI=1S/C13H16N2O2S/c1-11-6-8-15(9-7-11)18(16,17)13-5-3-2-4-12(13)10-14/h2-5,11H,6-9H2,1H3. The maximum atomic E-state index is 12.4. The van der Waals surface area contributed by atoms with Gasteiger partial charge in [-0.2, -0.15) is 9.57 Å². The number of nitriles is 1. The molecule has 1 aliphatic rings. The Morgan fingerprint density at radius 3 is 2.50 bits per heavy atom. The molecule has 1 aromatic rings. The van der Waals surface area contributed by atoms with Crippen molar-refractivity contribution in [1.82, 2.24) is 4.31 Å². The predicted octanol–water partition coefficient (Wildman–Crippen LogP) is 1.98. The van der Waals surface area contributed by atoms with Crippen molar-refractivity contribution in [1.29, 1.82) is 5.26 Å². The van der Waals surface area contributed by atoms with Crippen LogP contribution >= 0.6 is 0 Å². The van der Waals surface area contributed by atoms with E-state index in [1.807, 2.05) is 6.07 Å². The molecule has 96 valence electrons. The Morgan fingerprint density at radius 1 is 1.28 bits per heavy atom. The van der Waals surface area contributed by atoms with Crippen LogP contribution in [0, 0.1) is 17.2 Å². The zero-order chi connectivity index (χ0) is 13.2. The van der Waals surface area contributed by atoms with E-state index in [0.29, 0.717) is 19.0 Å². The number of nitrogens with zero attached hydrogens (tertiary/aromatic N) is 2. The van der Waals surface area contributed by atoms with E-state index in [1.165, 1.54) is 10.4 Å². The first-order valence-electron chi connectivity index (χ1n) is 6.05. The first kappa shape index (κ1) is 13.1. The van der Waals surface area contributed by atoms with Crippen LogP contribution in [0.5, 0.6) is 0 Å². The van der Waals surface area contributed by atoms with Gasteiger partial charge in [-0.15, -0.1) is 0 Å². The smallest absolute Gasteiger partial charge is 0.207 e. The Bertz CT molecular complexity index is 567. The van der Waals surface area contributed by atoms with Gasteiger partial charge in [-0.1, -0.05) is 19.1 Å². The fraction of sp³-hybridized carbons (Fsp3) is 0.462. The van der Waals surface area contributed by atoms with Crippen molar-refractivity contribution >= 4 is 10.0 Å². The topological polar surface area (TPSA) is 61.2 Å². The molecular formula is C13H16N2O2S. The molecule has 18 heavy (non-hydrogen) atoms. The molecule has 5 heteroatoms. The molecule has 1 heterocycles. The van der Waals surface area contributed by atoms with Gasteiger partial charge in [-0.25, -0.2) is 8.42 Å². The van der Waals surface area contributed by atoms with Crippen molar-refractivity contribution in [3.63, 3.8) is 0 Å². The van der Waals surface area contributed by atoms with Gasteiger partial charge in [-0.05, 0) is 30.9 Å². The lowest BCUT2D eigenvalue weighted by Crippen LogP contribution is -2.38. The molecular weight excluding hydrogens is 248 g/mol. The summed E-state index contributed by atoms with van der Waals surface area (Å²) in [6.45, 7) is 3.22. The third kappa shape index (κ3) is 2.40. The van der Waals surface area contributed by atoms with E-state index in [1.54, 1.807) is 18.2 Å². The number of sulfonamides is 1. The van der Waals surface area contributed by atoms with Gasteiger partial charge in [0.25, 0.3) is 0 Å². The highest BCUT2D eigenvalue weighted by atomic mass is 32.2. The number of benzene rings is 1. The van der Waals surface area contributed by atoms with Gasteiger partial charge in [0, 0.05) is 13.1 Å². The maximum Gasteiger partial charge on any atom is 0.244 e. The van der Waals surface area contributed by atoms with Crippen molar-refractivity contribution < 1.29 is 8.42 Å². The second-order valence-corrected chi connectivity index (χ2v) is 6.60. The molecule has 0 aliphatic carbocycles.